The van der Waals surface area contributed by atoms with Gasteiger partial charge in [0.05, 0.1) is 0 Å². The Hall–Kier alpha value is -2.90. The Morgan fingerprint density at radius 2 is 1.12 bits per heavy atom. The van der Waals surface area contributed by atoms with Gasteiger partial charge in [-0.25, -0.2) is 9.59 Å². The molecule has 0 unspecified atom stereocenters. The molecule has 0 saturated heterocycles. The Kier molecular flexibility index (Phi) is 31.6. The normalized spacial score (nSPS) is 10.4. The first-order chi connectivity index (χ1) is 20.3. The van der Waals surface area contributed by atoms with Crippen LogP contribution in [0.4, 0.5) is 18.0 Å². The van der Waals surface area contributed by atoms with Gasteiger partial charge in [-0.05, 0) is 32.2 Å². The molecule has 0 radical (unpaired) electrons. The van der Waals surface area contributed by atoms with Gasteiger partial charge < -0.3 is 21.3 Å². The smallest absolute Gasteiger partial charge is 0.481 e. The lowest BCUT2D eigenvalue weighted by atomic mass is 10.1. The third-order valence-electron chi connectivity index (χ3n) is 5.77. The number of nitrogens with zero attached hydrogens (tertiary/aromatic N) is 1. The van der Waals surface area contributed by atoms with Gasteiger partial charge in [-0.15, -0.1) is 0 Å². The SMILES string of the molecule is CCCC(=O)O.CCCCCCCCCCCCCCNC(=O)N(NC(=O)CCCN)C(=O)CCC.O=C(O)C(F)(F)F. The lowest BCUT2D eigenvalue weighted by Crippen LogP contribution is -2.53. The van der Waals surface area contributed by atoms with E-state index in [2.05, 4.69) is 17.7 Å². The first-order valence-electron chi connectivity index (χ1n) is 15.4. The van der Waals surface area contributed by atoms with E-state index in [-0.39, 0.29) is 18.7 Å². The molecule has 0 aliphatic rings. The van der Waals surface area contributed by atoms with Gasteiger partial charge in [-0.2, -0.15) is 18.2 Å². The molecule has 11 nitrogen and oxygen atoms in total. The minimum atomic E-state index is -5.08. The molecule has 6 N–H and O–H groups in total. The fourth-order valence-corrected chi connectivity index (χ4v) is 3.45. The fourth-order valence-electron chi connectivity index (χ4n) is 3.45. The van der Waals surface area contributed by atoms with E-state index in [4.69, 9.17) is 20.7 Å². The van der Waals surface area contributed by atoms with Crippen LogP contribution in [0, 0.1) is 0 Å². The maximum absolute atomic E-state index is 12.3. The highest BCUT2D eigenvalue weighted by Crippen LogP contribution is 2.13. The topological polar surface area (TPSA) is 179 Å². The number of carbonyl (C=O) groups excluding carboxylic acids is 3. The molecule has 0 fully saturated rings. The van der Waals surface area contributed by atoms with Crippen molar-refractivity contribution in [1.82, 2.24) is 15.8 Å². The second-order valence-corrected chi connectivity index (χ2v) is 9.97. The highest BCUT2D eigenvalue weighted by Gasteiger charge is 2.38. The number of hydrogen-bond donors (Lipinski definition) is 5. The number of imide groups is 1. The molecule has 0 rings (SSSR count). The average Bonchev–Trinajstić information content (AvgIpc) is 2.93. The lowest BCUT2D eigenvalue weighted by Gasteiger charge is -2.21. The molecule has 254 valence electrons. The molecule has 43 heavy (non-hydrogen) atoms. The van der Waals surface area contributed by atoms with Crippen molar-refractivity contribution in [3.63, 3.8) is 0 Å². The number of hydrogen-bond acceptors (Lipinski definition) is 6. The van der Waals surface area contributed by atoms with E-state index in [0.717, 1.165) is 24.3 Å². The molecular weight excluding hydrogens is 573 g/mol. The second-order valence-electron chi connectivity index (χ2n) is 9.97. The summed E-state index contributed by atoms with van der Waals surface area (Å²) >= 11 is 0. The van der Waals surface area contributed by atoms with E-state index in [0.29, 0.717) is 32.4 Å². The third kappa shape index (κ3) is 33.5. The zero-order chi connectivity index (χ0) is 33.5. The number of halogens is 3. The molecule has 14 heteroatoms. The van der Waals surface area contributed by atoms with Crippen LogP contribution in [0.25, 0.3) is 0 Å². The minimum absolute atomic E-state index is 0.193. The Bertz CT molecular complexity index is 754. The molecular formula is C29H55F3N4O7. The minimum Gasteiger partial charge on any atom is -0.481 e. The standard InChI is InChI=1S/C23H46N4O3.C4H8O2.C2HF3O2/c1-3-5-6-7-8-9-10-11-12-13-14-15-20-25-23(30)27(22(29)17-4-2)26-21(28)18-16-19-24;1-2-3-4(5)6;3-2(4,5)1(6)7/h3-20,24H2,1-2H3,(H,25,30)(H,26,28);2-3H2,1H3,(H,5,6);(H,6,7). The number of hydrazine groups is 1. The molecule has 0 aromatic carbocycles. The van der Waals surface area contributed by atoms with Crippen LogP contribution in [0.1, 0.15) is 136 Å². The molecule has 0 aromatic heterocycles. The fraction of sp³-hybridized carbons (Fsp3) is 0.828. The quantitative estimate of drug-likeness (QED) is 0.0769. The number of carboxylic acid groups (broad SMARTS) is 2. The summed E-state index contributed by atoms with van der Waals surface area (Å²) in [5.41, 5.74) is 7.81. The van der Waals surface area contributed by atoms with Gasteiger partial charge in [-0.3, -0.25) is 19.8 Å². The zero-order valence-corrected chi connectivity index (χ0v) is 26.2. The molecule has 0 bridgehead atoms. The molecule has 0 heterocycles. The molecule has 4 amide bonds. The number of rotatable bonds is 20. The Balaban J connectivity index is -0.00000101. The van der Waals surface area contributed by atoms with E-state index in [1.54, 1.807) is 0 Å². The summed E-state index contributed by atoms with van der Waals surface area (Å²) in [6.07, 6.45) is 12.5. The van der Waals surface area contributed by atoms with Crippen LogP contribution in [0.2, 0.25) is 0 Å². The summed E-state index contributed by atoms with van der Waals surface area (Å²) in [5.74, 6) is -4.23. The van der Waals surface area contributed by atoms with Crippen LogP contribution in [-0.4, -0.2) is 64.3 Å². The van der Waals surface area contributed by atoms with Crippen LogP contribution in [-0.2, 0) is 19.2 Å². The van der Waals surface area contributed by atoms with E-state index in [1.807, 2.05) is 13.8 Å². The van der Waals surface area contributed by atoms with Gasteiger partial charge in [-0.1, -0.05) is 91.4 Å². The highest BCUT2D eigenvalue weighted by molar-refractivity contribution is 5.96. The number of nitrogens with one attached hydrogen (secondary N) is 2. The van der Waals surface area contributed by atoms with E-state index >= 15 is 0 Å². The number of unbranched alkanes of at least 4 members (excludes halogenated alkanes) is 11. The summed E-state index contributed by atoms with van der Waals surface area (Å²) in [5, 5.41) is 18.6. The van der Waals surface area contributed by atoms with Crippen LogP contribution >= 0.6 is 0 Å². The number of nitrogens with two attached hydrogens (primary N) is 1. The highest BCUT2D eigenvalue weighted by atomic mass is 19.4. The molecule has 0 aliphatic carbocycles. The number of carbonyl (C=O) groups is 5. The van der Waals surface area contributed by atoms with Crippen molar-refractivity contribution in [1.29, 1.82) is 0 Å². The van der Waals surface area contributed by atoms with E-state index < -0.39 is 30.1 Å². The van der Waals surface area contributed by atoms with Crippen molar-refractivity contribution in [3.05, 3.63) is 0 Å². The Labute approximate surface area is 254 Å². The summed E-state index contributed by atoms with van der Waals surface area (Å²) < 4.78 is 31.7. The van der Waals surface area contributed by atoms with Gasteiger partial charge in [0.15, 0.2) is 0 Å². The summed E-state index contributed by atoms with van der Waals surface area (Å²) in [7, 11) is 0. The largest absolute Gasteiger partial charge is 0.490 e. The first kappa shape index (κ1) is 44.5. The summed E-state index contributed by atoms with van der Waals surface area (Å²) in [6, 6.07) is -0.558. The first-order valence-corrected chi connectivity index (χ1v) is 15.4. The molecule has 0 spiro atoms. The lowest BCUT2D eigenvalue weighted by molar-refractivity contribution is -0.192. The van der Waals surface area contributed by atoms with Crippen molar-refractivity contribution in [3.8, 4) is 0 Å². The van der Waals surface area contributed by atoms with Crippen molar-refractivity contribution < 1.29 is 47.4 Å². The zero-order valence-electron chi connectivity index (χ0n) is 26.2. The van der Waals surface area contributed by atoms with Crippen molar-refractivity contribution in [2.24, 2.45) is 5.73 Å². The monoisotopic (exact) mass is 628 g/mol. The van der Waals surface area contributed by atoms with Gasteiger partial charge in [0, 0.05) is 25.8 Å². The van der Waals surface area contributed by atoms with Gasteiger partial charge >= 0.3 is 24.1 Å². The van der Waals surface area contributed by atoms with Crippen LogP contribution < -0.4 is 16.5 Å². The Morgan fingerprint density at radius 3 is 1.47 bits per heavy atom. The predicted octanol–water partition coefficient (Wildman–Crippen LogP) is 6.30. The van der Waals surface area contributed by atoms with Crippen molar-refractivity contribution in [2.45, 2.75) is 143 Å². The number of carboxylic acids is 2. The summed E-state index contributed by atoms with van der Waals surface area (Å²) in [4.78, 5) is 54.8. The number of alkyl halides is 3. The maximum Gasteiger partial charge on any atom is 0.490 e. The van der Waals surface area contributed by atoms with Crippen molar-refractivity contribution >= 4 is 29.8 Å². The maximum atomic E-state index is 12.3. The average molecular weight is 629 g/mol. The molecule has 0 atom stereocenters. The number of amides is 4. The van der Waals surface area contributed by atoms with Gasteiger partial charge in [0.25, 0.3) is 0 Å². The molecule has 0 aromatic rings. The van der Waals surface area contributed by atoms with Crippen LogP contribution in [0.5, 0.6) is 0 Å². The van der Waals surface area contributed by atoms with Crippen LogP contribution in [0.15, 0.2) is 0 Å². The van der Waals surface area contributed by atoms with E-state index in [9.17, 15) is 32.3 Å². The van der Waals surface area contributed by atoms with Crippen molar-refractivity contribution in [2.75, 3.05) is 13.1 Å². The third-order valence-corrected chi connectivity index (χ3v) is 5.77. The Morgan fingerprint density at radius 1 is 0.674 bits per heavy atom. The number of urea groups is 1. The molecule has 0 saturated carbocycles. The predicted molar refractivity (Wildman–Crippen MR) is 159 cm³/mol. The summed E-state index contributed by atoms with van der Waals surface area (Å²) in [6.45, 7) is 6.84. The molecule has 0 aliphatic heterocycles. The van der Waals surface area contributed by atoms with Crippen LogP contribution in [0.3, 0.4) is 0 Å². The van der Waals surface area contributed by atoms with E-state index in [1.165, 1.54) is 64.2 Å². The second kappa shape index (κ2) is 30.6. The number of aliphatic carboxylic acids is 2. The van der Waals surface area contributed by atoms with Gasteiger partial charge in [0.2, 0.25) is 11.8 Å². The van der Waals surface area contributed by atoms with Gasteiger partial charge in [0.1, 0.15) is 0 Å².